The van der Waals surface area contributed by atoms with E-state index in [0.29, 0.717) is 24.0 Å². The first kappa shape index (κ1) is 24.3. The molecule has 0 fully saturated rings. The standard InChI is InChI=1S/C26H30N2O4S/c1-4-32-25-13-9-8-10-22(25)18-27-26(29)19-28(23-16-14-21(15-17-23)20(2)3)33(30,31)24-11-6-5-7-12-24/h5-17,20H,4,18-19H2,1-3H3,(H,27,29). The van der Waals surface area contributed by atoms with Crippen LogP contribution < -0.4 is 14.4 Å². The molecular weight excluding hydrogens is 436 g/mol. The van der Waals surface area contributed by atoms with Crippen molar-refractivity contribution in [3.63, 3.8) is 0 Å². The van der Waals surface area contributed by atoms with Gasteiger partial charge < -0.3 is 10.1 Å². The van der Waals surface area contributed by atoms with Crippen LogP contribution in [0, 0.1) is 0 Å². The minimum atomic E-state index is -3.93. The Hall–Kier alpha value is -3.32. The second-order valence-corrected chi connectivity index (χ2v) is 9.75. The van der Waals surface area contributed by atoms with Crippen molar-refractivity contribution in [2.75, 3.05) is 17.5 Å². The highest BCUT2D eigenvalue weighted by atomic mass is 32.2. The van der Waals surface area contributed by atoms with Crippen LogP contribution >= 0.6 is 0 Å². The van der Waals surface area contributed by atoms with Gasteiger partial charge in [0, 0.05) is 12.1 Å². The first-order valence-electron chi connectivity index (χ1n) is 11.0. The largest absolute Gasteiger partial charge is 0.494 e. The molecule has 1 N–H and O–H groups in total. The lowest BCUT2D eigenvalue weighted by atomic mass is 10.0. The SMILES string of the molecule is CCOc1ccccc1CNC(=O)CN(c1ccc(C(C)C)cc1)S(=O)(=O)c1ccccc1. The molecular formula is C26H30N2O4S. The Morgan fingerprint density at radius 3 is 2.21 bits per heavy atom. The van der Waals surface area contributed by atoms with E-state index in [2.05, 4.69) is 19.2 Å². The number of ether oxygens (including phenoxy) is 1. The van der Waals surface area contributed by atoms with Crippen LogP contribution in [-0.4, -0.2) is 27.5 Å². The molecule has 3 aromatic rings. The summed E-state index contributed by atoms with van der Waals surface area (Å²) in [6.45, 7) is 6.45. The van der Waals surface area contributed by atoms with Crippen molar-refractivity contribution in [3.05, 3.63) is 90.0 Å². The Morgan fingerprint density at radius 1 is 0.939 bits per heavy atom. The van der Waals surface area contributed by atoms with Gasteiger partial charge in [-0.25, -0.2) is 8.42 Å². The number of hydrogen-bond acceptors (Lipinski definition) is 4. The van der Waals surface area contributed by atoms with Gasteiger partial charge in [-0.2, -0.15) is 0 Å². The summed E-state index contributed by atoms with van der Waals surface area (Å²) < 4.78 is 33.6. The maximum absolute atomic E-state index is 13.4. The van der Waals surface area contributed by atoms with Gasteiger partial charge >= 0.3 is 0 Å². The number of amides is 1. The minimum absolute atomic E-state index is 0.132. The molecule has 0 aliphatic rings. The first-order valence-corrected chi connectivity index (χ1v) is 12.4. The van der Waals surface area contributed by atoms with Crippen molar-refractivity contribution in [1.82, 2.24) is 5.32 Å². The Kier molecular flexibility index (Phi) is 8.11. The van der Waals surface area contributed by atoms with E-state index in [1.54, 1.807) is 30.3 Å². The van der Waals surface area contributed by atoms with Crippen LogP contribution in [0.5, 0.6) is 5.75 Å². The van der Waals surface area contributed by atoms with E-state index < -0.39 is 15.9 Å². The highest BCUT2D eigenvalue weighted by Gasteiger charge is 2.27. The zero-order valence-corrected chi connectivity index (χ0v) is 20.0. The Morgan fingerprint density at radius 2 is 1.58 bits per heavy atom. The number of nitrogens with one attached hydrogen (secondary N) is 1. The molecule has 0 saturated carbocycles. The number of sulfonamides is 1. The molecule has 0 spiro atoms. The van der Waals surface area contributed by atoms with Crippen molar-refractivity contribution < 1.29 is 17.9 Å². The summed E-state index contributed by atoms with van der Waals surface area (Å²) in [5.74, 6) is 0.596. The Balaban J connectivity index is 1.84. The minimum Gasteiger partial charge on any atom is -0.494 e. The van der Waals surface area contributed by atoms with Crippen LogP contribution in [0.25, 0.3) is 0 Å². The first-order chi connectivity index (χ1) is 15.8. The monoisotopic (exact) mass is 466 g/mol. The molecule has 0 unspecified atom stereocenters. The van der Waals surface area contributed by atoms with Crippen molar-refractivity contribution in [1.29, 1.82) is 0 Å². The fourth-order valence-electron chi connectivity index (χ4n) is 3.39. The summed E-state index contributed by atoms with van der Waals surface area (Å²) in [5, 5.41) is 2.83. The molecule has 0 radical (unpaired) electrons. The van der Waals surface area contributed by atoms with Gasteiger partial charge in [-0.15, -0.1) is 0 Å². The molecule has 0 saturated heterocycles. The van der Waals surface area contributed by atoms with Gasteiger partial charge in [0.05, 0.1) is 17.2 Å². The highest BCUT2D eigenvalue weighted by molar-refractivity contribution is 7.92. The van der Waals surface area contributed by atoms with E-state index in [9.17, 15) is 13.2 Å². The average Bonchev–Trinajstić information content (AvgIpc) is 2.82. The number of hydrogen-bond donors (Lipinski definition) is 1. The van der Waals surface area contributed by atoms with Gasteiger partial charge in [-0.05, 0) is 48.7 Å². The van der Waals surface area contributed by atoms with Crippen LogP contribution in [0.15, 0.2) is 83.8 Å². The van der Waals surface area contributed by atoms with Gasteiger partial charge in [0.25, 0.3) is 10.0 Å². The van der Waals surface area contributed by atoms with Crippen LogP contribution in [0.1, 0.15) is 37.8 Å². The zero-order valence-electron chi connectivity index (χ0n) is 19.2. The molecule has 7 heteroatoms. The van der Waals surface area contributed by atoms with E-state index >= 15 is 0 Å². The smallest absolute Gasteiger partial charge is 0.264 e. The molecule has 3 rings (SSSR count). The van der Waals surface area contributed by atoms with Crippen LogP contribution in [0.3, 0.4) is 0 Å². The third-order valence-electron chi connectivity index (χ3n) is 5.21. The second-order valence-electron chi connectivity index (χ2n) is 7.89. The maximum Gasteiger partial charge on any atom is 0.264 e. The van der Waals surface area contributed by atoms with Gasteiger partial charge in [0.1, 0.15) is 12.3 Å². The third-order valence-corrected chi connectivity index (χ3v) is 7.00. The normalized spacial score (nSPS) is 11.3. The fraction of sp³-hybridized carbons (Fsp3) is 0.269. The van der Waals surface area contributed by atoms with E-state index in [1.807, 2.05) is 43.3 Å². The van der Waals surface area contributed by atoms with Gasteiger partial charge in [0.15, 0.2) is 0 Å². The summed E-state index contributed by atoms with van der Waals surface area (Å²) in [6, 6.07) is 22.9. The molecule has 33 heavy (non-hydrogen) atoms. The molecule has 174 valence electrons. The molecule has 0 atom stereocenters. The predicted octanol–water partition coefficient (Wildman–Crippen LogP) is 4.72. The van der Waals surface area contributed by atoms with E-state index in [1.165, 1.54) is 12.1 Å². The third kappa shape index (κ3) is 6.14. The van der Waals surface area contributed by atoms with E-state index in [4.69, 9.17) is 4.74 Å². The van der Waals surface area contributed by atoms with Crippen molar-refractivity contribution in [3.8, 4) is 5.75 Å². The summed E-state index contributed by atoms with van der Waals surface area (Å²) in [6.07, 6.45) is 0. The molecule has 0 bridgehead atoms. The van der Waals surface area contributed by atoms with Crippen molar-refractivity contribution in [2.45, 2.75) is 38.1 Å². The van der Waals surface area contributed by atoms with Crippen molar-refractivity contribution in [2.24, 2.45) is 0 Å². The number of nitrogens with zero attached hydrogens (tertiary/aromatic N) is 1. The number of para-hydroxylation sites is 1. The molecule has 0 aliphatic heterocycles. The summed E-state index contributed by atoms with van der Waals surface area (Å²) in [7, 11) is -3.93. The van der Waals surface area contributed by atoms with Crippen molar-refractivity contribution >= 4 is 21.6 Å². The zero-order chi connectivity index (χ0) is 23.8. The summed E-state index contributed by atoms with van der Waals surface area (Å²) in [4.78, 5) is 13.0. The van der Waals surface area contributed by atoms with Crippen LogP contribution in [-0.2, 0) is 21.4 Å². The molecule has 0 aromatic heterocycles. The average molecular weight is 467 g/mol. The quantitative estimate of drug-likeness (QED) is 0.469. The van der Waals surface area contributed by atoms with Gasteiger partial charge in [0.2, 0.25) is 5.91 Å². The summed E-state index contributed by atoms with van der Waals surface area (Å²) in [5.41, 5.74) is 2.35. The summed E-state index contributed by atoms with van der Waals surface area (Å²) >= 11 is 0. The fourth-order valence-corrected chi connectivity index (χ4v) is 4.83. The maximum atomic E-state index is 13.4. The molecule has 3 aromatic carbocycles. The number of rotatable bonds is 10. The molecule has 0 aliphatic carbocycles. The highest BCUT2D eigenvalue weighted by Crippen LogP contribution is 2.26. The van der Waals surface area contributed by atoms with Gasteiger partial charge in [-0.3, -0.25) is 9.10 Å². The lowest BCUT2D eigenvalue weighted by Gasteiger charge is -2.24. The number of anilines is 1. The van der Waals surface area contributed by atoms with Crippen LogP contribution in [0.4, 0.5) is 5.69 Å². The van der Waals surface area contributed by atoms with Crippen LogP contribution in [0.2, 0.25) is 0 Å². The van der Waals surface area contributed by atoms with E-state index in [-0.39, 0.29) is 18.0 Å². The number of benzene rings is 3. The molecule has 6 nitrogen and oxygen atoms in total. The molecule has 1 amide bonds. The molecule has 0 heterocycles. The number of carbonyl (C=O) groups is 1. The van der Waals surface area contributed by atoms with E-state index in [0.717, 1.165) is 15.4 Å². The number of carbonyl (C=O) groups excluding carboxylic acids is 1. The van der Waals surface area contributed by atoms with Gasteiger partial charge in [-0.1, -0.05) is 62.4 Å². The lowest BCUT2D eigenvalue weighted by molar-refractivity contribution is -0.119. The predicted molar refractivity (Wildman–Crippen MR) is 131 cm³/mol. The topological polar surface area (TPSA) is 75.7 Å². The second kappa shape index (κ2) is 11.0. The lowest BCUT2D eigenvalue weighted by Crippen LogP contribution is -2.40. The Bertz CT molecular complexity index is 1160. The Labute approximate surface area is 196 Å².